The Balaban J connectivity index is -0.000000270. The summed E-state index contributed by atoms with van der Waals surface area (Å²) < 4.78 is 0. The van der Waals surface area contributed by atoms with Gasteiger partial charge in [0.25, 0.3) is 0 Å². The lowest BCUT2D eigenvalue weighted by Crippen LogP contribution is -2.09. The van der Waals surface area contributed by atoms with E-state index in [0.29, 0.717) is 5.56 Å². The number of carbonyl (C=O) groups is 1. The van der Waals surface area contributed by atoms with Gasteiger partial charge in [-0.1, -0.05) is 18.2 Å². The lowest BCUT2D eigenvalue weighted by atomic mass is 10.2. The number of carbonyl (C=O) groups excluding carboxylic acids is 1. The van der Waals surface area contributed by atoms with Gasteiger partial charge in [-0.2, -0.15) is 0 Å². The van der Waals surface area contributed by atoms with Crippen LogP contribution < -0.4 is 5.73 Å². The highest BCUT2D eigenvalue weighted by Crippen LogP contribution is 1.94. The molecule has 0 radical (unpaired) electrons. The molecule has 0 aliphatic heterocycles. The predicted octanol–water partition coefficient (Wildman–Crippen LogP) is 1.43. The fraction of sp³-hybridized carbons (Fsp3) is 0. The first kappa shape index (κ1) is 8.98. The summed E-state index contributed by atoms with van der Waals surface area (Å²) in [6.07, 6.45) is 0. The maximum atomic E-state index is 10.4. The van der Waals surface area contributed by atoms with Crippen molar-refractivity contribution in [2.75, 3.05) is 0 Å². The van der Waals surface area contributed by atoms with Crippen LogP contribution >= 0.6 is 12.4 Å². The van der Waals surface area contributed by atoms with Crippen LogP contribution in [0.3, 0.4) is 0 Å². The summed E-state index contributed by atoms with van der Waals surface area (Å²) in [5.41, 5.74) is 5.53. The Hall–Kier alpha value is -1.02. The van der Waals surface area contributed by atoms with E-state index in [1.807, 2.05) is 6.07 Å². The van der Waals surface area contributed by atoms with Crippen molar-refractivity contribution in [3.05, 3.63) is 35.9 Å². The Labute approximate surface area is 68.4 Å². The van der Waals surface area contributed by atoms with E-state index in [0.717, 1.165) is 0 Å². The minimum atomic E-state index is -0.379. The normalized spacial score (nSPS) is 8.00. The van der Waals surface area contributed by atoms with E-state index in [2.05, 4.69) is 0 Å². The summed E-state index contributed by atoms with van der Waals surface area (Å²) in [7, 11) is 0. The molecule has 0 unspecified atom stereocenters. The van der Waals surface area contributed by atoms with Crippen molar-refractivity contribution in [1.82, 2.24) is 0 Å². The van der Waals surface area contributed by atoms with Gasteiger partial charge in [0, 0.05) is 5.56 Å². The van der Waals surface area contributed by atoms with Crippen LogP contribution in [-0.2, 0) is 0 Å². The van der Waals surface area contributed by atoms with E-state index >= 15 is 0 Å². The van der Waals surface area contributed by atoms with Crippen LogP contribution in [0.15, 0.2) is 30.3 Å². The van der Waals surface area contributed by atoms with E-state index in [1.165, 1.54) is 0 Å². The molecule has 2 N–H and O–H groups in total. The second kappa shape index (κ2) is 3.90. The smallest absolute Gasteiger partial charge is 0.366 e. The minimum Gasteiger partial charge on any atom is -0.366 e. The van der Waals surface area contributed by atoms with Gasteiger partial charge in [-0.15, -0.1) is 12.4 Å². The fourth-order valence-electron chi connectivity index (χ4n) is 0.602. The van der Waals surface area contributed by atoms with Gasteiger partial charge in [-0.25, -0.2) is 0 Å². The molecule has 1 amide bonds. The number of rotatable bonds is 1. The van der Waals surface area contributed by atoms with E-state index in [-0.39, 0.29) is 21.2 Å². The molecule has 0 spiro atoms. The first-order valence-corrected chi connectivity index (χ1v) is 2.65. The number of nitrogens with two attached hydrogens (primary N) is 1. The summed E-state index contributed by atoms with van der Waals surface area (Å²) in [5, 5.41) is 0. The fourth-order valence-corrected chi connectivity index (χ4v) is 0.602. The highest BCUT2D eigenvalue weighted by Gasteiger charge is 1.93. The highest BCUT2D eigenvalue weighted by atomic mass is 35.5. The molecule has 0 aliphatic rings. The summed E-state index contributed by atoms with van der Waals surface area (Å²) in [6.45, 7) is 0. The van der Waals surface area contributed by atoms with Crippen molar-refractivity contribution in [2.24, 2.45) is 5.73 Å². The molecule has 0 aliphatic carbocycles. The Kier molecular flexibility index (Phi) is 3.51. The molecule has 1 rings (SSSR count). The average Bonchev–Trinajstić information content (AvgIpc) is 1.90. The van der Waals surface area contributed by atoms with Crippen molar-refractivity contribution in [1.29, 1.82) is 0 Å². The minimum absolute atomic E-state index is 0. The number of benzene rings is 1. The molecule has 1 aromatic rings. The largest absolute Gasteiger partial charge is 1.00 e. The van der Waals surface area contributed by atoms with Crippen LogP contribution in [0.4, 0.5) is 0 Å². The van der Waals surface area contributed by atoms with Crippen molar-refractivity contribution in [2.45, 2.75) is 0 Å². The molecule has 0 bridgehead atoms. The second-order valence-corrected chi connectivity index (χ2v) is 1.73. The van der Waals surface area contributed by atoms with Gasteiger partial charge in [0.05, 0.1) is 0 Å². The highest BCUT2D eigenvalue weighted by molar-refractivity contribution is 5.92. The van der Waals surface area contributed by atoms with Crippen molar-refractivity contribution >= 4 is 18.3 Å². The molecule has 2 nitrogen and oxygen atoms in total. The first-order chi connectivity index (χ1) is 4.30. The van der Waals surface area contributed by atoms with E-state index < -0.39 is 0 Å². The number of hydrogen-bond acceptors (Lipinski definition) is 1. The van der Waals surface area contributed by atoms with Crippen LogP contribution in [0, 0.1) is 0 Å². The molecule has 0 fully saturated rings. The second-order valence-electron chi connectivity index (χ2n) is 1.73. The van der Waals surface area contributed by atoms with E-state index in [4.69, 9.17) is 5.73 Å². The third-order valence-electron chi connectivity index (χ3n) is 1.06. The number of primary amides is 1. The molecule has 10 heavy (non-hydrogen) atoms. The van der Waals surface area contributed by atoms with E-state index in [9.17, 15) is 4.79 Å². The Morgan fingerprint density at radius 2 is 1.80 bits per heavy atom. The van der Waals surface area contributed by atoms with Crippen LogP contribution in [0.5, 0.6) is 0 Å². The SMILES string of the molecule is Cl.NC(=O)c1ccccc1.[H+].[H+]. The van der Waals surface area contributed by atoms with Gasteiger partial charge in [0.2, 0.25) is 5.91 Å². The topological polar surface area (TPSA) is 43.1 Å². The zero-order valence-electron chi connectivity index (χ0n) is 7.28. The average molecular weight is 160 g/mol. The van der Waals surface area contributed by atoms with Crippen LogP contribution in [0.1, 0.15) is 13.2 Å². The zero-order chi connectivity index (χ0) is 6.69. The zero-order valence-corrected chi connectivity index (χ0v) is 6.10. The van der Waals surface area contributed by atoms with Crippen LogP contribution in [0.2, 0.25) is 0 Å². The van der Waals surface area contributed by atoms with Gasteiger partial charge < -0.3 is 5.73 Å². The number of hydrogen-bond donors (Lipinski definition) is 1. The molecule has 3 heteroatoms. The lowest BCUT2D eigenvalue weighted by Gasteiger charge is -1.89. The predicted molar refractivity (Wildman–Crippen MR) is 44.4 cm³/mol. The molecule has 0 atom stereocenters. The Morgan fingerprint density at radius 1 is 1.30 bits per heavy atom. The van der Waals surface area contributed by atoms with Gasteiger partial charge in [-0.3, -0.25) is 4.79 Å². The van der Waals surface area contributed by atoms with Gasteiger partial charge in [0.15, 0.2) is 0 Å². The summed E-state index contributed by atoms with van der Waals surface area (Å²) in [5.74, 6) is -0.379. The summed E-state index contributed by atoms with van der Waals surface area (Å²) >= 11 is 0. The van der Waals surface area contributed by atoms with Crippen molar-refractivity contribution < 1.29 is 7.65 Å². The van der Waals surface area contributed by atoms with Crippen LogP contribution in [-0.4, -0.2) is 5.91 Å². The lowest BCUT2D eigenvalue weighted by molar-refractivity contribution is 0.100. The van der Waals surface area contributed by atoms with Crippen molar-refractivity contribution in [3.8, 4) is 0 Å². The van der Waals surface area contributed by atoms with Gasteiger partial charge in [-0.05, 0) is 12.1 Å². The van der Waals surface area contributed by atoms with E-state index in [1.54, 1.807) is 24.3 Å². The summed E-state index contributed by atoms with van der Waals surface area (Å²) in [6, 6.07) is 8.76. The molecular weight excluding hydrogens is 150 g/mol. The maximum absolute atomic E-state index is 10.4. The van der Waals surface area contributed by atoms with Gasteiger partial charge in [0.1, 0.15) is 0 Å². The first-order valence-electron chi connectivity index (χ1n) is 2.65. The van der Waals surface area contributed by atoms with Crippen LogP contribution in [0.25, 0.3) is 0 Å². The summed E-state index contributed by atoms with van der Waals surface area (Å²) in [4.78, 5) is 10.4. The quantitative estimate of drug-likeness (QED) is 0.662. The Bertz CT molecular complexity index is 218. The molecule has 54 valence electrons. The molecule has 1 aromatic carbocycles. The monoisotopic (exact) mass is 159 g/mol. The number of halogens is 1. The molecule has 0 aromatic heterocycles. The molecular formula is C7H10ClNO+2. The van der Waals surface area contributed by atoms with Gasteiger partial charge >= 0.3 is 2.85 Å². The Morgan fingerprint density at radius 3 is 2.10 bits per heavy atom. The standard InChI is InChI=1S/C7H7NO.ClH/c8-7(9)6-4-2-1-3-5-6;/h1-5H,(H2,8,9);1H/p+2. The number of amides is 1. The molecule has 0 saturated carbocycles. The third kappa shape index (κ3) is 2.07. The van der Waals surface area contributed by atoms with Crippen molar-refractivity contribution in [3.63, 3.8) is 0 Å². The third-order valence-corrected chi connectivity index (χ3v) is 1.06. The maximum Gasteiger partial charge on any atom is 1.00 e. The molecule has 0 saturated heterocycles. The molecule has 0 heterocycles.